The van der Waals surface area contributed by atoms with Gasteiger partial charge in [-0.05, 0) is 12.8 Å². The minimum atomic E-state index is 0.397. The van der Waals surface area contributed by atoms with E-state index >= 15 is 0 Å². The van der Waals surface area contributed by atoms with Gasteiger partial charge in [-0.25, -0.2) is 9.97 Å². The molecule has 5 nitrogen and oxygen atoms in total. The molecule has 0 bridgehead atoms. The summed E-state index contributed by atoms with van der Waals surface area (Å²) in [6.45, 7) is 0. The lowest BCUT2D eigenvalue weighted by Crippen LogP contribution is -2.40. The van der Waals surface area contributed by atoms with E-state index in [9.17, 15) is 0 Å². The summed E-state index contributed by atoms with van der Waals surface area (Å²) in [5.74, 6) is 1.22. The number of nitrogens with zero attached hydrogens (tertiary/aromatic N) is 2. The fourth-order valence-corrected chi connectivity index (χ4v) is 1.50. The van der Waals surface area contributed by atoms with Crippen LogP contribution in [0.5, 0.6) is 0 Å². The molecule has 1 aromatic heterocycles. The summed E-state index contributed by atoms with van der Waals surface area (Å²) >= 11 is 0. The zero-order valence-corrected chi connectivity index (χ0v) is 8.10. The van der Waals surface area contributed by atoms with Crippen molar-refractivity contribution >= 4 is 11.6 Å². The van der Waals surface area contributed by atoms with E-state index in [1.807, 2.05) is 0 Å². The van der Waals surface area contributed by atoms with Crippen LogP contribution in [0.3, 0.4) is 0 Å². The smallest absolute Gasteiger partial charge is 0.144 e. The molecule has 0 radical (unpaired) electrons. The molecule has 14 heavy (non-hydrogen) atoms. The molecule has 2 rings (SSSR count). The van der Waals surface area contributed by atoms with Crippen LogP contribution in [-0.2, 0) is 4.74 Å². The van der Waals surface area contributed by atoms with E-state index in [1.165, 1.54) is 0 Å². The highest BCUT2D eigenvalue weighted by Crippen LogP contribution is 2.25. The van der Waals surface area contributed by atoms with Crippen LogP contribution >= 0.6 is 0 Å². The number of hydrogen-bond acceptors (Lipinski definition) is 5. The lowest BCUT2D eigenvalue weighted by Gasteiger charge is -2.34. The molecule has 1 aliphatic carbocycles. The Morgan fingerprint density at radius 3 is 2.79 bits per heavy atom. The van der Waals surface area contributed by atoms with E-state index in [0.29, 0.717) is 18.0 Å². The van der Waals surface area contributed by atoms with Crippen molar-refractivity contribution in [2.75, 3.05) is 18.2 Å². The monoisotopic (exact) mass is 194 g/mol. The van der Waals surface area contributed by atoms with Gasteiger partial charge in [-0.15, -0.1) is 0 Å². The van der Waals surface area contributed by atoms with Gasteiger partial charge in [0, 0.05) is 13.2 Å². The highest BCUT2D eigenvalue weighted by atomic mass is 16.5. The van der Waals surface area contributed by atoms with E-state index in [0.717, 1.165) is 18.7 Å². The van der Waals surface area contributed by atoms with Gasteiger partial charge in [0.15, 0.2) is 0 Å². The second kappa shape index (κ2) is 3.79. The van der Waals surface area contributed by atoms with Crippen molar-refractivity contribution in [1.29, 1.82) is 0 Å². The zero-order valence-electron chi connectivity index (χ0n) is 8.10. The molecule has 1 aliphatic rings. The highest BCUT2D eigenvalue weighted by Gasteiger charge is 2.28. The maximum absolute atomic E-state index is 5.43. The summed E-state index contributed by atoms with van der Waals surface area (Å²) < 4.78 is 5.18. The number of nitrogens with one attached hydrogen (secondary N) is 1. The Morgan fingerprint density at radius 1 is 1.43 bits per heavy atom. The average molecular weight is 194 g/mol. The number of hydrogen-bond donors (Lipinski definition) is 2. The third-order valence-corrected chi connectivity index (χ3v) is 2.45. The van der Waals surface area contributed by atoms with Crippen molar-refractivity contribution in [3.05, 3.63) is 12.4 Å². The summed E-state index contributed by atoms with van der Waals surface area (Å²) in [6.07, 6.45) is 5.66. The van der Waals surface area contributed by atoms with Crippen LogP contribution < -0.4 is 11.1 Å². The van der Waals surface area contributed by atoms with Crippen LogP contribution in [0, 0.1) is 0 Å². The lowest BCUT2D eigenvalue weighted by molar-refractivity contribution is 0.0328. The predicted molar refractivity (Wildman–Crippen MR) is 53.9 cm³/mol. The SMILES string of the molecule is COC1CC(Nc2cnc(N)cn2)C1. The van der Waals surface area contributed by atoms with E-state index in [2.05, 4.69) is 15.3 Å². The van der Waals surface area contributed by atoms with Crippen molar-refractivity contribution in [3.8, 4) is 0 Å². The van der Waals surface area contributed by atoms with Gasteiger partial charge in [-0.2, -0.15) is 0 Å². The largest absolute Gasteiger partial charge is 0.382 e. The second-order valence-electron chi connectivity index (χ2n) is 3.50. The topological polar surface area (TPSA) is 73.1 Å². The number of ether oxygens (including phenoxy) is 1. The highest BCUT2D eigenvalue weighted by molar-refractivity contribution is 5.37. The Balaban J connectivity index is 1.84. The lowest BCUT2D eigenvalue weighted by atomic mass is 9.89. The van der Waals surface area contributed by atoms with Crippen LogP contribution in [0.25, 0.3) is 0 Å². The predicted octanol–water partition coefficient (Wildman–Crippen LogP) is 0.648. The summed E-state index contributed by atoms with van der Waals surface area (Å²) in [6, 6.07) is 0.456. The van der Waals surface area contributed by atoms with Gasteiger partial charge in [-0.3, -0.25) is 0 Å². The van der Waals surface area contributed by atoms with E-state index < -0.39 is 0 Å². The number of nitrogens with two attached hydrogens (primary N) is 1. The average Bonchev–Trinajstić information content (AvgIpc) is 2.13. The van der Waals surface area contributed by atoms with Gasteiger partial charge >= 0.3 is 0 Å². The first-order valence-electron chi connectivity index (χ1n) is 4.65. The Kier molecular flexibility index (Phi) is 2.49. The van der Waals surface area contributed by atoms with Crippen molar-refractivity contribution < 1.29 is 4.74 Å². The molecule has 1 saturated carbocycles. The number of methoxy groups -OCH3 is 1. The van der Waals surface area contributed by atoms with Gasteiger partial charge in [0.05, 0.1) is 18.5 Å². The van der Waals surface area contributed by atoms with Crippen molar-refractivity contribution in [3.63, 3.8) is 0 Å². The van der Waals surface area contributed by atoms with Crippen molar-refractivity contribution in [2.24, 2.45) is 0 Å². The third kappa shape index (κ3) is 1.93. The molecule has 0 aliphatic heterocycles. The summed E-state index contributed by atoms with van der Waals surface area (Å²) in [5, 5.41) is 3.26. The summed E-state index contributed by atoms with van der Waals surface area (Å²) in [5.41, 5.74) is 5.43. The number of rotatable bonds is 3. The number of aromatic nitrogens is 2. The fourth-order valence-electron chi connectivity index (χ4n) is 1.50. The fraction of sp³-hybridized carbons (Fsp3) is 0.556. The van der Waals surface area contributed by atoms with Crippen LogP contribution in [-0.4, -0.2) is 29.2 Å². The van der Waals surface area contributed by atoms with Crippen molar-refractivity contribution in [2.45, 2.75) is 25.0 Å². The van der Waals surface area contributed by atoms with Gasteiger partial charge in [0.1, 0.15) is 11.6 Å². The molecular formula is C9H14N4O. The maximum Gasteiger partial charge on any atom is 0.144 e. The number of nitrogen functional groups attached to an aromatic ring is 1. The second-order valence-corrected chi connectivity index (χ2v) is 3.50. The molecule has 0 saturated heterocycles. The van der Waals surface area contributed by atoms with Gasteiger partial charge < -0.3 is 15.8 Å². The Bertz CT molecular complexity index is 294. The Hall–Kier alpha value is -1.36. The minimum absolute atomic E-state index is 0.397. The normalized spacial score (nSPS) is 25.5. The molecule has 5 heteroatoms. The first kappa shape index (κ1) is 9.21. The molecule has 1 fully saturated rings. The van der Waals surface area contributed by atoms with Gasteiger partial charge in [0.2, 0.25) is 0 Å². The van der Waals surface area contributed by atoms with E-state index in [1.54, 1.807) is 19.5 Å². The standard InChI is InChI=1S/C9H14N4O/c1-14-7-2-6(3-7)13-9-5-11-8(10)4-12-9/h4-7H,2-3H2,1H3,(H2,10,11)(H,12,13). The van der Waals surface area contributed by atoms with Crippen LogP contribution in [0.15, 0.2) is 12.4 Å². The van der Waals surface area contributed by atoms with Crippen LogP contribution in [0.4, 0.5) is 11.6 Å². The summed E-state index contributed by atoms with van der Waals surface area (Å²) in [4.78, 5) is 8.06. The molecular weight excluding hydrogens is 180 g/mol. The van der Waals surface area contributed by atoms with Crippen molar-refractivity contribution in [1.82, 2.24) is 9.97 Å². The molecule has 0 amide bonds. The zero-order chi connectivity index (χ0) is 9.97. The molecule has 0 unspecified atom stereocenters. The maximum atomic E-state index is 5.43. The minimum Gasteiger partial charge on any atom is -0.382 e. The molecule has 0 spiro atoms. The molecule has 76 valence electrons. The molecule has 1 aromatic rings. The Labute approximate surface area is 82.7 Å². The Morgan fingerprint density at radius 2 is 2.21 bits per heavy atom. The molecule has 0 atom stereocenters. The molecule has 0 aromatic carbocycles. The van der Waals surface area contributed by atoms with E-state index in [-0.39, 0.29) is 0 Å². The molecule has 1 heterocycles. The first-order chi connectivity index (χ1) is 6.78. The molecule has 3 N–H and O–H groups in total. The third-order valence-electron chi connectivity index (χ3n) is 2.45. The number of anilines is 2. The van der Waals surface area contributed by atoms with Gasteiger partial charge in [-0.1, -0.05) is 0 Å². The van der Waals surface area contributed by atoms with Crippen LogP contribution in [0.2, 0.25) is 0 Å². The summed E-state index contributed by atoms with van der Waals surface area (Å²) in [7, 11) is 1.74. The van der Waals surface area contributed by atoms with Gasteiger partial charge in [0.25, 0.3) is 0 Å². The first-order valence-corrected chi connectivity index (χ1v) is 4.65. The quantitative estimate of drug-likeness (QED) is 0.739. The van der Waals surface area contributed by atoms with E-state index in [4.69, 9.17) is 10.5 Å². The van der Waals surface area contributed by atoms with Crippen LogP contribution in [0.1, 0.15) is 12.8 Å².